The van der Waals surface area contributed by atoms with Crippen molar-refractivity contribution < 1.29 is 13.2 Å². The van der Waals surface area contributed by atoms with Crippen LogP contribution in [0.4, 0.5) is 0 Å². The van der Waals surface area contributed by atoms with E-state index in [0.29, 0.717) is 28.5 Å². The van der Waals surface area contributed by atoms with Crippen LogP contribution in [-0.2, 0) is 22.9 Å². The Morgan fingerprint density at radius 3 is 2.50 bits per heavy atom. The van der Waals surface area contributed by atoms with E-state index in [1.165, 1.54) is 18.4 Å². The fraction of sp³-hybridized carbons (Fsp3) is 0.273. The molecule has 0 aliphatic carbocycles. The summed E-state index contributed by atoms with van der Waals surface area (Å²) in [5.41, 5.74) is 3.30. The number of methoxy groups -OCH3 is 1. The van der Waals surface area contributed by atoms with E-state index >= 15 is 0 Å². The Morgan fingerprint density at radius 1 is 1.07 bits per heavy atom. The summed E-state index contributed by atoms with van der Waals surface area (Å²) in [6.45, 7) is 2.01. The van der Waals surface area contributed by atoms with Gasteiger partial charge < -0.3 is 4.74 Å². The summed E-state index contributed by atoms with van der Waals surface area (Å²) >= 11 is 6.35. The number of hydrogen-bond acceptors (Lipinski definition) is 5. The minimum Gasteiger partial charge on any atom is -0.496 e. The Balaban J connectivity index is 1.96. The highest BCUT2D eigenvalue weighted by Crippen LogP contribution is 2.25. The molecular formula is C22H24ClN3O3S. The number of aryl methyl sites for hydroxylation is 1. The lowest BCUT2D eigenvalue weighted by atomic mass is 10.1. The average Bonchev–Trinajstić information content (AvgIpc) is 2.71. The molecule has 3 aromatic rings. The van der Waals surface area contributed by atoms with Crippen LogP contribution >= 0.6 is 11.6 Å². The van der Waals surface area contributed by atoms with E-state index in [0.717, 1.165) is 16.9 Å². The van der Waals surface area contributed by atoms with Crippen LogP contribution in [0.25, 0.3) is 0 Å². The van der Waals surface area contributed by atoms with Gasteiger partial charge in [0, 0.05) is 38.7 Å². The second-order valence-electron chi connectivity index (χ2n) is 7.14. The summed E-state index contributed by atoms with van der Waals surface area (Å²) in [5.74, 6) is 1.36. The van der Waals surface area contributed by atoms with Gasteiger partial charge in [0.1, 0.15) is 11.6 Å². The zero-order chi connectivity index (χ0) is 21.9. The Kier molecular flexibility index (Phi) is 6.75. The van der Waals surface area contributed by atoms with Gasteiger partial charge in [-0.1, -0.05) is 47.5 Å². The van der Waals surface area contributed by atoms with Crippen LogP contribution in [0.1, 0.15) is 28.2 Å². The lowest BCUT2D eigenvalue weighted by Gasteiger charge is -2.15. The lowest BCUT2D eigenvalue weighted by molar-refractivity contribution is 0.410. The molecule has 0 bridgehead atoms. The van der Waals surface area contributed by atoms with Crippen molar-refractivity contribution in [1.82, 2.24) is 14.3 Å². The normalized spacial score (nSPS) is 11.7. The molecule has 8 heteroatoms. The SMILES string of the molecule is COc1ccc(C)cc1Cc1ncc(Cl)c(Cc2ccccc2S(=O)(=O)N(C)C)n1. The van der Waals surface area contributed by atoms with Gasteiger partial charge in [-0.3, -0.25) is 0 Å². The summed E-state index contributed by atoms with van der Waals surface area (Å²) in [4.78, 5) is 9.23. The van der Waals surface area contributed by atoms with Gasteiger partial charge in [-0.25, -0.2) is 22.7 Å². The molecule has 0 atom stereocenters. The van der Waals surface area contributed by atoms with E-state index < -0.39 is 10.0 Å². The highest BCUT2D eigenvalue weighted by atomic mass is 35.5. The number of halogens is 1. The molecule has 6 nitrogen and oxygen atoms in total. The van der Waals surface area contributed by atoms with Gasteiger partial charge in [-0.2, -0.15) is 0 Å². The van der Waals surface area contributed by atoms with Crippen LogP contribution in [-0.4, -0.2) is 43.9 Å². The predicted octanol–water partition coefficient (Wildman–Crippen LogP) is 3.88. The standard InChI is InChI=1S/C22H24ClN3O3S/c1-15-9-10-20(29-4)17(11-15)13-22-24-14-18(23)19(25-22)12-16-7-5-6-8-21(16)30(27,28)26(2)3/h5-11,14H,12-13H2,1-4H3. The molecule has 0 spiro atoms. The first kappa shape index (κ1) is 22.2. The molecule has 1 heterocycles. The average molecular weight is 446 g/mol. The molecule has 1 aromatic heterocycles. The molecule has 3 rings (SSSR count). The lowest BCUT2D eigenvalue weighted by Crippen LogP contribution is -2.23. The largest absolute Gasteiger partial charge is 0.496 e. The van der Waals surface area contributed by atoms with Gasteiger partial charge >= 0.3 is 0 Å². The van der Waals surface area contributed by atoms with Crippen molar-refractivity contribution in [2.24, 2.45) is 0 Å². The van der Waals surface area contributed by atoms with Crippen molar-refractivity contribution in [2.45, 2.75) is 24.7 Å². The first-order valence-electron chi connectivity index (χ1n) is 9.36. The fourth-order valence-corrected chi connectivity index (χ4v) is 4.42. The monoisotopic (exact) mass is 445 g/mol. The second kappa shape index (κ2) is 9.12. The number of aromatic nitrogens is 2. The molecule has 2 aromatic carbocycles. The Labute approximate surface area is 182 Å². The van der Waals surface area contributed by atoms with Gasteiger partial charge in [0.05, 0.1) is 22.7 Å². The van der Waals surface area contributed by atoms with Crippen LogP contribution in [0.15, 0.2) is 53.6 Å². The van der Waals surface area contributed by atoms with Gasteiger partial charge in [0.15, 0.2) is 0 Å². The van der Waals surface area contributed by atoms with Crippen LogP contribution in [0.5, 0.6) is 5.75 Å². The maximum atomic E-state index is 12.7. The van der Waals surface area contributed by atoms with E-state index in [9.17, 15) is 8.42 Å². The Bertz CT molecular complexity index is 1160. The molecule has 0 unspecified atom stereocenters. The maximum absolute atomic E-state index is 12.7. The molecule has 0 aliphatic heterocycles. The summed E-state index contributed by atoms with van der Waals surface area (Å²) < 4.78 is 32.0. The zero-order valence-electron chi connectivity index (χ0n) is 17.4. The van der Waals surface area contributed by atoms with Crippen LogP contribution < -0.4 is 4.74 Å². The van der Waals surface area contributed by atoms with Crippen molar-refractivity contribution in [1.29, 1.82) is 0 Å². The first-order chi connectivity index (χ1) is 14.2. The fourth-order valence-electron chi connectivity index (χ4n) is 3.15. The topological polar surface area (TPSA) is 72.4 Å². The van der Waals surface area contributed by atoms with E-state index in [4.69, 9.17) is 16.3 Å². The molecular weight excluding hydrogens is 422 g/mol. The van der Waals surface area contributed by atoms with Crippen LogP contribution in [0.2, 0.25) is 5.02 Å². The molecule has 0 saturated heterocycles. The number of sulfonamides is 1. The minimum atomic E-state index is -3.58. The molecule has 30 heavy (non-hydrogen) atoms. The third kappa shape index (κ3) is 4.80. The highest BCUT2D eigenvalue weighted by Gasteiger charge is 2.21. The smallest absolute Gasteiger partial charge is 0.242 e. The molecule has 0 saturated carbocycles. The summed E-state index contributed by atoms with van der Waals surface area (Å²) in [7, 11) is 1.07. The van der Waals surface area contributed by atoms with Crippen molar-refractivity contribution in [3.05, 3.63) is 81.9 Å². The van der Waals surface area contributed by atoms with Gasteiger partial charge in [-0.15, -0.1) is 0 Å². The summed E-state index contributed by atoms with van der Waals surface area (Å²) in [5, 5.41) is 0.395. The van der Waals surface area contributed by atoms with E-state index in [2.05, 4.69) is 9.97 Å². The van der Waals surface area contributed by atoms with E-state index in [1.807, 2.05) is 25.1 Å². The third-order valence-corrected chi connectivity index (χ3v) is 6.97. The number of benzene rings is 2. The van der Waals surface area contributed by atoms with Crippen molar-refractivity contribution in [3.63, 3.8) is 0 Å². The number of nitrogens with zero attached hydrogens (tertiary/aromatic N) is 3. The van der Waals surface area contributed by atoms with Crippen LogP contribution in [0, 0.1) is 6.92 Å². The maximum Gasteiger partial charge on any atom is 0.242 e. The number of rotatable bonds is 7. The van der Waals surface area contributed by atoms with Gasteiger partial charge in [0.2, 0.25) is 10.0 Å². The number of ether oxygens (including phenoxy) is 1. The predicted molar refractivity (Wildman–Crippen MR) is 118 cm³/mol. The number of hydrogen-bond donors (Lipinski definition) is 0. The van der Waals surface area contributed by atoms with Gasteiger partial charge in [0.25, 0.3) is 0 Å². The van der Waals surface area contributed by atoms with Crippen molar-refractivity contribution >= 4 is 21.6 Å². The third-order valence-electron chi connectivity index (χ3n) is 4.74. The highest BCUT2D eigenvalue weighted by molar-refractivity contribution is 7.89. The van der Waals surface area contributed by atoms with Gasteiger partial charge in [-0.05, 0) is 24.6 Å². The van der Waals surface area contributed by atoms with Crippen LogP contribution in [0.3, 0.4) is 0 Å². The van der Waals surface area contributed by atoms with Crippen molar-refractivity contribution in [3.8, 4) is 5.75 Å². The Hall–Kier alpha value is -2.48. The molecule has 0 radical (unpaired) electrons. The van der Waals surface area contributed by atoms with Crippen molar-refractivity contribution in [2.75, 3.05) is 21.2 Å². The first-order valence-corrected chi connectivity index (χ1v) is 11.2. The quantitative estimate of drug-likeness (QED) is 0.551. The Morgan fingerprint density at radius 2 is 1.80 bits per heavy atom. The zero-order valence-corrected chi connectivity index (χ0v) is 19.0. The molecule has 0 amide bonds. The molecule has 0 fully saturated rings. The summed E-state index contributed by atoms with van der Waals surface area (Å²) in [6, 6.07) is 12.8. The van der Waals surface area contributed by atoms with E-state index in [-0.39, 0.29) is 11.3 Å². The minimum absolute atomic E-state index is 0.242. The molecule has 0 N–H and O–H groups in total. The second-order valence-corrected chi connectivity index (χ2v) is 9.67. The summed E-state index contributed by atoms with van der Waals surface area (Å²) in [6.07, 6.45) is 2.32. The molecule has 0 aliphatic rings. The van der Waals surface area contributed by atoms with E-state index in [1.54, 1.807) is 37.6 Å². The molecule has 158 valence electrons.